The maximum Gasteiger partial charge on any atom is 0.296 e. The van der Waals surface area contributed by atoms with Gasteiger partial charge in [-0.1, -0.05) is 12.1 Å². The number of benzene rings is 2. The molecule has 0 aliphatic carbocycles. The summed E-state index contributed by atoms with van der Waals surface area (Å²) in [5, 5.41) is 20.5. The molecule has 1 heterocycles. The topological polar surface area (TPSA) is 144 Å². The molecule has 13 heteroatoms. The number of sulfone groups is 1. The zero-order valence-electron chi connectivity index (χ0n) is 23.9. The molecule has 3 rings (SSSR count). The summed E-state index contributed by atoms with van der Waals surface area (Å²) in [6.07, 6.45) is 2.58. The molecule has 0 unspecified atom stereocenters. The van der Waals surface area contributed by atoms with E-state index < -0.39 is 43.8 Å². The highest BCUT2D eigenvalue weighted by Gasteiger charge is 2.33. The van der Waals surface area contributed by atoms with Gasteiger partial charge in [-0.3, -0.25) is 14.4 Å². The third-order valence-electron chi connectivity index (χ3n) is 6.13. The van der Waals surface area contributed by atoms with Crippen LogP contribution in [-0.4, -0.2) is 49.6 Å². The van der Waals surface area contributed by atoms with Crippen LogP contribution in [0.2, 0.25) is 0 Å². The van der Waals surface area contributed by atoms with Crippen molar-refractivity contribution in [1.82, 2.24) is 9.55 Å². The van der Waals surface area contributed by atoms with Crippen LogP contribution in [0.25, 0.3) is 5.57 Å². The molecule has 0 aliphatic heterocycles. The first-order valence-electron chi connectivity index (χ1n) is 12.8. The number of aromatic hydroxyl groups is 1. The Hall–Kier alpha value is -4.51. The van der Waals surface area contributed by atoms with Gasteiger partial charge in [0.1, 0.15) is 24.1 Å². The largest absolute Gasteiger partial charge is 0.493 e. The van der Waals surface area contributed by atoms with Gasteiger partial charge < -0.3 is 14.6 Å². The van der Waals surface area contributed by atoms with Crippen LogP contribution in [0.4, 0.5) is 8.78 Å². The lowest BCUT2D eigenvalue weighted by atomic mass is 10.0. The Morgan fingerprint density at radius 2 is 1.84 bits per heavy atom. The fraction of sp³-hybridized carbons (Fsp3) is 0.267. The summed E-state index contributed by atoms with van der Waals surface area (Å²) < 4.78 is 67.7. The number of aliphatic imine (C=N–C) groups is 1. The number of nitriles is 1. The minimum atomic E-state index is -4.70. The van der Waals surface area contributed by atoms with Gasteiger partial charge in [-0.2, -0.15) is 10.2 Å². The van der Waals surface area contributed by atoms with Crippen LogP contribution >= 0.6 is 0 Å². The van der Waals surface area contributed by atoms with Gasteiger partial charge in [0.05, 0.1) is 29.7 Å². The van der Waals surface area contributed by atoms with Gasteiger partial charge in [0.2, 0.25) is 15.7 Å². The summed E-state index contributed by atoms with van der Waals surface area (Å²) in [4.78, 5) is 19.4. The molecule has 1 aromatic heterocycles. The number of ether oxygens (including phenoxy) is 2. The van der Waals surface area contributed by atoms with E-state index in [1.807, 2.05) is 6.07 Å². The molecule has 1 atom stereocenters. The maximum absolute atomic E-state index is 14.2. The predicted octanol–water partition coefficient (Wildman–Crippen LogP) is 4.73. The number of hydrogen-bond donors (Lipinski definition) is 1. The van der Waals surface area contributed by atoms with E-state index in [1.165, 1.54) is 43.7 Å². The summed E-state index contributed by atoms with van der Waals surface area (Å²) in [6, 6.07) is 8.71. The Morgan fingerprint density at radius 1 is 1.21 bits per heavy atom. The lowest BCUT2D eigenvalue weighted by Gasteiger charge is -2.26. The molecule has 43 heavy (non-hydrogen) atoms. The zero-order chi connectivity index (χ0) is 31.9. The van der Waals surface area contributed by atoms with E-state index >= 15 is 0 Å². The van der Waals surface area contributed by atoms with Crippen molar-refractivity contribution in [2.24, 2.45) is 4.99 Å². The fourth-order valence-corrected chi connectivity index (χ4v) is 5.55. The summed E-state index contributed by atoms with van der Waals surface area (Å²) >= 11 is 0. The van der Waals surface area contributed by atoms with Crippen molar-refractivity contribution in [3.8, 4) is 11.9 Å². The van der Waals surface area contributed by atoms with Gasteiger partial charge in [-0.15, -0.1) is 0 Å². The minimum absolute atomic E-state index is 0.0190. The van der Waals surface area contributed by atoms with Gasteiger partial charge in [0, 0.05) is 30.5 Å². The van der Waals surface area contributed by atoms with E-state index in [-0.39, 0.29) is 35.6 Å². The minimum Gasteiger partial charge on any atom is -0.493 e. The number of rotatable bonds is 12. The van der Waals surface area contributed by atoms with Crippen molar-refractivity contribution in [2.75, 3.05) is 13.7 Å². The van der Waals surface area contributed by atoms with E-state index in [0.717, 1.165) is 16.7 Å². The highest BCUT2D eigenvalue weighted by Crippen LogP contribution is 2.33. The van der Waals surface area contributed by atoms with Gasteiger partial charge in [0.25, 0.3) is 5.56 Å². The average molecular weight is 613 g/mol. The second-order valence-electron chi connectivity index (χ2n) is 9.62. The molecule has 0 bridgehead atoms. The van der Waals surface area contributed by atoms with Crippen LogP contribution in [0, 0.1) is 23.0 Å². The number of halogens is 2. The van der Waals surface area contributed by atoms with Gasteiger partial charge in [-0.25, -0.2) is 17.2 Å². The zero-order valence-corrected chi connectivity index (χ0v) is 24.7. The molecule has 10 nitrogen and oxygen atoms in total. The maximum atomic E-state index is 14.2. The van der Waals surface area contributed by atoms with E-state index in [1.54, 1.807) is 20.8 Å². The van der Waals surface area contributed by atoms with Crippen LogP contribution in [0.3, 0.4) is 0 Å². The van der Waals surface area contributed by atoms with Crippen molar-refractivity contribution in [2.45, 2.75) is 49.3 Å². The highest BCUT2D eigenvalue weighted by molar-refractivity contribution is 7.91. The van der Waals surface area contributed by atoms with Gasteiger partial charge in [-0.05, 0) is 69.0 Å². The van der Waals surface area contributed by atoms with Crippen molar-refractivity contribution >= 4 is 22.1 Å². The second kappa shape index (κ2) is 14.1. The van der Waals surface area contributed by atoms with Crippen molar-refractivity contribution < 1.29 is 31.8 Å². The molecule has 0 aliphatic rings. The predicted molar refractivity (Wildman–Crippen MR) is 155 cm³/mol. The monoisotopic (exact) mass is 612 g/mol. The Kier molecular flexibility index (Phi) is 10.8. The molecule has 0 saturated carbocycles. The van der Waals surface area contributed by atoms with Crippen LogP contribution in [0.5, 0.6) is 5.88 Å². The molecule has 0 radical (unpaired) electrons. The number of allylic oxidation sites excluding steroid dienone is 3. The number of nitrogens with zero attached hydrogens (tertiary/aromatic N) is 4. The van der Waals surface area contributed by atoms with Crippen LogP contribution in [-0.2, 0) is 25.9 Å². The SMILES string of the molecule is C=N/C=C(\C=C(/C)C#N)c1ccc(S(=O)(=O)c2c(O)n([C@@H](COC)c3cc(F)cc(F)c3)c(COC(C)C)nc2=O)cc1. The lowest BCUT2D eigenvalue weighted by Crippen LogP contribution is -2.30. The fourth-order valence-electron chi connectivity index (χ4n) is 4.20. The summed E-state index contributed by atoms with van der Waals surface area (Å²) in [6.45, 7) is 7.79. The summed E-state index contributed by atoms with van der Waals surface area (Å²) in [7, 11) is -3.40. The van der Waals surface area contributed by atoms with E-state index in [0.29, 0.717) is 22.8 Å². The van der Waals surface area contributed by atoms with Crippen LogP contribution in [0.15, 0.2) is 79.9 Å². The number of hydrogen-bond acceptors (Lipinski definition) is 9. The summed E-state index contributed by atoms with van der Waals surface area (Å²) in [5.41, 5.74) is 0.0630. The molecule has 0 spiro atoms. The highest BCUT2D eigenvalue weighted by atomic mass is 32.2. The second-order valence-corrected chi connectivity index (χ2v) is 11.5. The normalized spacial score (nSPS) is 13.2. The average Bonchev–Trinajstić information content (AvgIpc) is 2.94. The molecule has 226 valence electrons. The van der Waals surface area contributed by atoms with Crippen molar-refractivity contribution in [3.05, 3.63) is 99.3 Å². The molecule has 2 aromatic carbocycles. The van der Waals surface area contributed by atoms with Gasteiger partial charge >= 0.3 is 0 Å². The first kappa shape index (κ1) is 33.0. The number of methoxy groups -OCH3 is 1. The molecule has 0 fully saturated rings. The third-order valence-corrected chi connectivity index (χ3v) is 7.92. The number of aromatic nitrogens is 2. The molecular formula is C30H30F2N4O6S. The Morgan fingerprint density at radius 3 is 2.37 bits per heavy atom. The Labute approximate surface area is 247 Å². The van der Waals surface area contributed by atoms with E-state index in [2.05, 4.69) is 16.7 Å². The molecule has 0 amide bonds. The van der Waals surface area contributed by atoms with Crippen molar-refractivity contribution in [1.29, 1.82) is 5.26 Å². The van der Waals surface area contributed by atoms with Crippen LogP contribution in [0.1, 0.15) is 43.8 Å². The standard InChI is InChI=1S/C30H30F2N4O6S/c1-18(2)42-17-27-35-29(37)28(30(38)36(27)26(16-41-5)21-11-23(31)13-24(32)12-21)43(39,40)25-8-6-20(7-9-25)22(15-34-4)10-19(3)14-33/h6-13,15,18,26,38H,4,16-17H2,1-3,5H3/b19-10+,22-15+/t26-/m0/s1. The first-order chi connectivity index (χ1) is 20.3. The molecule has 0 saturated heterocycles. The smallest absolute Gasteiger partial charge is 0.296 e. The molecule has 1 N–H and O–H groups in total. The van der Waals surface area contributed by atoms with E-state index in [4.69, 9.17) is 14.7 Å². The lowest BCUT2D eigenvalue weighted by molar-refractivity contribution is 0.0554. The Bertz CT molecular complexity index is 1760. The molecular weight excluding hydrogens is 582 g/mol. The van der Waals surface area contributed by atoms with Crippen LogP contribution < -0.4 is 5.56 Å². The first-order valence-corrected chi connectivity index (χ1v) is 14.3. The quantitative estimate of drug-likeness (QED) is 0.176. The van der Waals surface area contributed by atoms with E-state index in [9.17, 15) is 27.1 Å². The third kappa shape index (κ3) is 7.66. The van der Waals surface area contributed by atoms with Gasteiger partial charge in [0.15, 0.2) is 4.90 Å². The summed E-state index contributed by atoms with van der Waals surface area (Å²) in [5.74, 6) is -3.04. The molecule has 3 aromatic rings. The Balaban J connectivity index is 2.26. The van der Waals surface area contributed by atoms with Crippen molar-refractivity contribution in [3.63, 3.8) is 0 Å².